The van der Waals surface area contributed by atoms with E-state index in [0.717, 1.165) is 6.07 Å². The van der Waals surface area contributed by atoms with Crippen molar-refractivity contribution in [1.29, 1.82) is 5.26 Å². The minimum atomic E-state index is -0.458. The second kappa shape index (κ2) is 5.32. The molecule has 2 N–H and O–H groups in total. The van der Waals surface area contributed by atoms with E-state index >= 15 is 0 Å². The zero-order valence-corrected chi connectivity index (χ0v) is 8.50. The van der Waals surface area contributed by atoms with E-state index in [0.29, 0.717) is 18.7 Å². The molecule has 1 aromatic carbocycles. The van der Waals surface area contributed by atoms with Crippen molar-refractivity contribution in [2.24, 2.45) is 5.92 Å². The minimum absolute atomic E-state index is 0.0767. The first-order valence-corrected chi connectivity index (χ1v) is 4.70. The van der Waals surface area contributed by atoms with Crippen LogP contribution in [-0.2, 0) is 6.54 Å². The van der Waals surface area contributed by atoms with E-state index in [9.17, 15) is 4.39 Å². The third-order valence-corrected chi connectivity index (χ3v) is 1.94. The van der Waals surface area contributed by atoms with Gasteiger partial charge < -0.3 is 10.4 Å². The summed E-state index contributed by atoms with van der Waals surface area (Å²) in [5, 5.41) is 20.7. The molecule has 0 aliphatic carbocycles. The van der Waals surface area contributed by atoms with Crippen LogP contribution in [0, 0.1) is 23.1 Å². The second-order valence-corrected chi connectivity index (χ2v) is 3.48. The Morgan fingerprint density at radius 2 is 2.27 bits per heavy atom. The lowest BCUT2D eigenvalue weighted by atomic mass is 10.2. The molecule has 4 heteroatoms. The first-order chi connectivity index (χ1) is 7.11. The fourth-order valence-corrected chi connectivity index (χ4v) is 1.21. The van der Waals surface area contributed by atoms with E-state index in [1.165, 1.54) is 12.1 Å². The Bertz CT molecular complexity index is 353. The number of hydrogen-bond donors (Lipinski definition) is 2. The SMILES string of the molecule is CC(C#N)CNCc1cc(O)cc(F)c1. The Morgan fingerprint density at radius 3 is 2.87 bits per heavy atom. The summed E-state index contributed by atoms with van der Waals surface area (Å²) in [5.74, 6) is -0.618. The normalized spacial score (nSPS) is 12.1. The quantitative estimate of drug-likeness (QED) is 0.793. The number of nitriles is 1. The number of benzene rings is 1. The number of aromatic hydroxyl groups is 1. The summed E-state index contributed by atoms with van der Waals surface area (Å²) in [5.41, 5.74) is 0.664. The summed E-state index contributed by atoms with van der Waals surface area (Å²) in [6.45, 7) is 2.79. The monoisotopic (exact) mass is 208 g/mol. The van der Waals surface area contributed by atoms with E-state index < -0.39 is 5.82 Å². The van der Waals surface area contributed by atoms with Gasteiger partial charge in [-0.2, -0.15) is 5.26 Å². The molecule has 80 valence electrons. The van der Waals surface area contributed by atoms with Crippen molar-refractivity contribution in [3.63, 3.8) is 0 Å². The number of phenolic OH excluding ortho intramolecular Hbond substituents is 1. The maximum atomic E-state index is 12.8. The highest BCUT2D eigenvalue weighted by atomic mass is 19.1. The Balaban J connectivity index is 2.48. The van der Waals surface area contributed by atoms with Crippen molar-refractivity contribution >= 4 is 0 Å². The van der Waals surface area contributed by atoms with Crippen LogP contribution in [-0.4, -0.2) is 11.7 Å². The molecule has 0 aromatic heterocycles. The number of hydrogen-bond acceptors (Lipinski definition) is 3. The molecular weight excluding hydrogens is 195 g/mol. The van der Waals surface area contributed by atoms with Crippen molar-refractivity contribution in [2.75, 3.05) is 6.54 Å². The zero-order valence-electron chi connectivity index (χ0n) is 8.50. The van der Waals surface area contributed by atoms with Crippen molar-refractivity contribution in [1.82, 2.24) is 5.32 Å². The van der Waals surface area contributed by atoms with E-state index in [4.69, 9.17) is 10.4 Å². The van der Waals surface area contributed by atoms with Gasteiger partial charge in [0.05, 0.1) is 12.0 Å². The molecule has 0 amide bonds. The maximum Gasteiger partial charge on any atom is 0.127 e. The number of halogens is 1. The summed E-state index contributed by atoms with van der Waals surface area (Å²) >= 11 is 0. The number of phenols is 1. The molecular formula is C11H13FN2O. The molecule has 0 radical (unpaired) electrons. The third kappa shape index (κ3) is 3.96. The standard InChI is InChI=1S/C11H13FN2O/c1-8(5-13)6-14-7-9-2-10(12)4-11(15)3-9/h2-4,8,14-15H,6-7H2,1H3. The lowest BCUT2D eigenvalue weighted by Crippen LogP contribution is -2.19. The van der Waals surface area contributed by atoms with Crippen molar-refractivity contribution in [3.8, 4) is 11.8 Å². The fourth-order valence-electron chi connectivity index (χ4n) is 1.21. The molecule has 1 aromatic rings. The average Bonchev–Trinajstić information content (AvgIpc) is 2.16. The molecule has 0 saturated heterocycles. The van der Waals surface area contributed by atoms with E-state index in [2.05, 4.69) is 11.4 Å². The molecule has 15 heavy (non-hydrogen) atoms. The van der Waals surface area contributed by atoms with Gasteiger partial charge in [0.1, 0.15) is 11.6 Å². The smallest absolute Gasteiger partial charge is 0.127 e. The van der Waals surface area contributed by atoms with Gasteiger partial charge in [0.25, 0.3) is 0 Å². The number of rotatable bonds is 4. The summed E-state index contributed by atoms with van der Waals surface area (Å²) < 4.78 is 12.8. The lowest BCUT2D eigenvalue weighted by Gasteiger charge is -2.06. The average molecular weight is 208 g/mol. The molecule has 1 unspecified atom stereocenters. The molecule has 1 atom stereocenters. The van der Waals surface area contributed by atoms with E-state index in [-0.39, 0.29) is 11.7 Å². The Morgan fingerprint density at radius 1 is 1.53 bits per heavy atom. The molecule has 3 nitrogen and oxygen atoms in total. The molecule has 0 aliphatic heterocycles. The van der Waals surface area contributed by atoms with Gasteiger partial charge in [0, 0.05) is 19.2 Å². The van der Waals surface area contributed by atoms with Gasteiger partial charge in [-0.05, 0) is 24.6 Å². The van der Waals surface area contributed by atoms with Crippen molar-refractivity contribution in [2.45, 2.75) is 13.5 Å². The van der Waals surface area contributed by atoms with Gasteiger partial charge >= 0.3 is 0 Å². The molecule has 0 fully saturated rings. The van der Waals surface area contributed by atoms with Crippen LogP contribution in [0.2, 0.25) is 0 Å². The zero-order chi connectivity index (χ0) is 11.3. The van der Waals surface area contributed by atoms with Gasteiger partial charge in [-0.25, -0.2) is 4.39 Å². The Hall–Kier alpha value is -1.60. The van der Waals surface area contributed by atoms with Crippen LogP contribution in [0.5, 0.6) is 5.75 Å². The van der Waals surface area contributed by atoms with Crippen LogP contribution in [0.1, 0.15) is 12.5 Å². The van der Waals surface area contributed by atoms with Crippen LogP contribution in [0.3, 0.4) is 0 Å². The second-order valence-electron chi connectivity index (χ2n) is 3.48. The van der Waals surface area contributed by atoms with Crippen LogP contribution in [0.25, 0.3) is 0 Å². The summed E-state index contributed by atoms with van der Waals surface area (Å²) in [7, 11) is 0. The first kappa shape index (κ1) is 11.5. The van der Waals surface area contributed by atoms with Crippen molar-refractivity contribution in [3.05, 3.63) is 29.6 Å². The predicted molar refractivity (Wildman–Crippen MR) is 54.5 cm³/mol. The summed E-state index contributed by atoms with van der Waals surface area (Å²) in [6, 6.07) is 5.99. The Labute approximate surface area is 88.2 Å². The molecule has 0 spiro atoms. The molecule has 0 saturated carbocycles. The minimum Gasteiger partial charge on any atom is -0.508 e. The van der Waals surface area contributed by atoms with Crippen LogP contribution >= 0.6 is 0 Å². The molecule has 0 aliphatic rings. The first-order valence-electron chi connectivity index (χ1n) is 4.70. The molecule has 0 heterocycles. The Kier molecular flexibility index (Phi) is 4.07. The number of nitrogens with zero attached hydrogens (tertiary/aromatic N) is 1. The fraction of sp³-hybridized carbons (Fsp3) is 0.364. The van der Waals surface area contributed by atoms with Gasteiger partial charge in [0.15, 0.2) is 0 Å². The van der Waals surface area contributed by atoms with Crippen LogP contribution in [0.15, 0.2) is 18.2 Å². The summed E-state index contributed by atoms with van der Waals surface area (Å²) in [4.78, 5) is 0. The number of nitrogens with one attached hydrogen (secondary N) is 1. The molecule has 1 rings (SSSR count). The highest BCUT2D eigenvalue weighted by Crippen LogP contribution is 2.14. The topological polar surface area (TPSA) is 56.0 Å². The van der Waals surface area contributed by atoms with Gasteiger partial charge in [-0.1, -0.05) is 0 Å². The largest absolute Gasteiger partial charge is 0.508 e. The van der Waals surface area contributed by atoms with Crippen molar-refractivity contribution < 1.29 is 9.50 Å². The van der Waals surface area contributed by atoms with Gasteiger partial charge in [0.2, 0.25) is 0 Å². The highest BCUT2D eigenvalue weighted by Gasteiger charge is 2.01. The van der Waals surface area contributed by atoms with E-state index in [1.54, 1.807) is 6.92 Å². The summed E-state index contributed by atoms with van der Waals surface area (Å²) in [6.07, 6.45) is 0. The molecule has 0 bridgehead atoms. The van der Waals surface area contributed by atoms with Gasteiger partial charge in [-0.15, -0.1) is 0 Å². The third-order valence-electron chi connectivity index (χ3n) is 1.94. The lowest BCUT2D eigenvalue weighted by molar-refractivity contribution is 0.467. The van der Waals surface area contributed by atoms with Crippen LogP contribution < -0.4 is 5.32 Å². The van der Waals surface area contributed by atoms with Crippen LogP contribution in [0.4, 0.5) is 4.39 Å². The predicted octanol–water partition coefficient (Wildman–Crippen LogP) is 1.78. The highest BCUT2D eigenvalue weighted by molar-refractivity contribution is 5.28. The maximum absolute atomic E-state index is 12.8. The van der Waals surface area contributed by atoms with Gasteiger partial charge in [-0.3, -0.25) is 0 Å². The van der Waals surface area contributed by atoms with E-state index in [1.807, 2.05) is 0 Å².